The number of fused-ring (bicyclic) bond motifs is 2. The summed E-state index contributed by atoms with van der Waals surface area (Å²) in [5.74, 6) is -2.43. The van der Waals surface area contributed by atoms with Gasteiger partial charge in [0.15, 0.2) is 11.6 Å². The first-order valence-electron chi connectivity index (χ1n) is 21.3. The predicted molar refractivity (Wildman–Crippen MR) is 229 cm³/mol. The number of pyridine rings is 2. The number of aromatic nitrogens is 12. The van der Waals surface area contributed by atoms with Gasteiger partial charge in [-0.2, -0.15) is 53.3 Å². The van der Waals surface area contributed by atoms with Crippen LogP contribution in [0.5, 0.6) is 11.8 Å². The Morgan fingerprint density at radius 2 is 0.929 bits per heavy atom. The van der Waals surface area contributed by atoms with Gasteiger partial charge in [-0.05, 0) is 74.2 Å². The van der Waals surface area contributed by atoms with Gasteiger partial charge in [-0.25, -0.2) is 29.9 Å². The van der Waals surface area contributed by atoms with E-state index in [0.29, 0.717) is 20.7 Å². The third-order valence-corrected chi connectivity index (χ3v) is 11.8. The second-order valence-corrected chi connectivity index (χ2v) is 16.4. The summed E-state index contributed by atoms with van der Waals surface area (Å²) in [6, 6.07) is 9.44. The van der Waals surface area contributed by atoms with E-state index in [4.69, 9.17) is 9.47 Å². The minimum Gasteiger partial charge on any atom is -0.479 e. The van der Waals surface area contributed by atoms with Gasteiger partial charge in [0, 0.05) is 37.1 Å². The summed E-state index contributed by atoms with van der Waals surface area (Å²) in [6.45, 7) is 3.63. The number of hydrogen-bond donors (Lipinski definition) is 0. The van der Waals surface area contributed by atoms with E-state index in [2.05, 4.69) is 40.1 Å². The van der Waals surface area contributed by atoms with Gasteiger partial charge in [0.25, 0.3) is 0 Å². The lowest BCUT2D eigenvalue weighted by molar-refractivity contribution is -0.139. The lowest BCUT2D eigenvalue weighted by Gasteiger charge is -2.30. The van der Waals surface area contributed by atoms with Crippen molar-refractivity contribution in [3.05, 3.63) is 143 Å². The van der Waals surface area contributed by atoms with E-state index in [1.165, 1.54) is 62.8 Å². The van der Waals surface area contributed by atoms with Gasteiger partial charge in [-0.15, -0.1) is 10.2 Å². The maximum Gasteiger partial charge on any atom is 0.416 e. The van der Waals surface area contributed by atoms with Gasteiger partial charge in [0.05, 0.1) is 49.4 Å². The Balaban J connectivity index is 0.000000174. The average Bonchev–Trinajstić information content (AvgIpc) is 4.16. The molecule has 8 heterocycles. The van der Waals surface area contributed by atoms with E-state index >= 15 is 0 Å². The Morgan fingerprint density at radius 3 is 1.27 bits per heavy atom. The van der Waals surface area contributed by atoms with Gasteiger partial charge in [0.1, 0.15) is 34.4 Å². The molecule has 0 saturated carbocycles. The molecule has 70 heavy (non-hydrogen) atoms. The Bertz CT molecular complexity index is 3000. The SMILES string of the molecule is COc1nc(-c2nc3n(n2)C(F)(F)CC[C@@H]3c2ccccc2C(F)(F)F)ccc1-n1cnc(C)c1.COc1nc(-c2nc3n(n2)C(F)(F)CC[C@H]3c2ccccc2C(F)(F)F)ccc1-n1cnc(C)c1. The molecule has 0 spiro atoms. The van der Waals surface area contributed by atoms with Crippen molar-refractivity contribution in [3.8, 4) is 46.2 Å². The molecule has 2 aliphatic heterocycles. The average molecular weight is 981 g/mol. The minimum atomic E-state index is -4.64. The second kappa shape index (κ2) is 17.7. The lowest BCUT2D eigenvalue weighted by atomic mass is 9.87. The molecule has 2 aromatic carbocycles. The van der Waals surface area contributed by atoms with Crippen LogP contribution in [-0.4, -0.2) is 72.8 Å². The molecule has 2 atom stereocenters. The van der Waals surface area contributed by atoms with Crippen LogP contribution in [0.4, 0.5) is 43.9 Å². The minimum absolute atomic E-state index is 0.118. The normalized spacial score (nSPS) is 17.3. The summed E-state index contributed by atoms with van der Waals surface area (Å²) in [7, 11) is 2.81. The van der Waals surface area contributed by atoms with Gasteiger partial charge in [0.2, 0.25) is 11.8 Å². The first kappa shape index (κ1) is 47.4. The third-order valence-electron chi connectivity index (χ3n) is 11.8. The number of imidazole rings is 2. The fraction of sp³-hybridized carbons (Fsp3) is 0.304. The number of benzene rings is 2. The molecule has 6 aromatic heterocycles. The number of methoxy groups -OCH3 is 2. The molecule has 2 aliphatic rings. The highest BCUT2D eigenvalue weighted by Gasteiger charge is 2.47. The van der Waals surface area contributed by atoms with Crippen molar-refractivity contribution in [2.45, 2.75) is 75.8 Å². The van der Waals surface area contributed by atoms with Crippen molar-refractivity contribution in [1.29, 1.82) is 0 Å². The molecule has 364 valence electrons. The molecule has 0 unspecified atom stereocenters. The molecule has 0 aliphatic carbocycles. The summed E-state index contributed by atoms with van der Waals surface area (Å²) >= 11 is 0. The highest BCUT2D eigenvalue weighted by Crippen LogP contribution is 2.47. The standard InChI is InChI=1S/2C23H19F5N6O/c2*1-13-11-33(12-29-13)18-8-7-17(30-21(18)35-2)19-31-20-15(9-10-22(24,25)34(20)32-19)14-5-3-4-6-16(14)23(26,27)28/h2*3-8,11-12,15H,9-10H2,1-2H3/t2*15-/m10/s1. The fourth-order valence-corrected chi connectivity index (χ4v) is 8.53. The van der Waals surface area contributed by atoms with Crippen molar-refractivity contribution < 1.29 is 53.4 Å². The second-order valence-electron chi connectivity index (χ2n) is 16.4. The number of alkyl halides is 10. The molecule has 0 saturated heterocycles. The predicted octanol–water partition coefficient (Wildman–Crippen LogP) is 10.7. The van der Waals surface area contributed by atoms with Crippen molar-refractivity contribution in [2.75, 3.05) is 14.2 Å². The molecule has 0 radical (unpaired) electrons. The molecule has 10 rings (SSSR count). The molecule has 0 N–H and O–H groups in total. The summed E-state index contributed by atoms with van der Waals surface area (Å²) < 4.78 is 156. The zero-order chi connectivity index (χ0) is 49.9. The molecule has 0 amide bonds. The van der Waals surface area contributed by atoms with E-state index < -0.39 is 60.2 Å². The van der Waals surface area contributed by atoms with Gasteiger partial charge >= 0.3 is 24.4 Å². The van der Waals surface area contributed by atoms with Crippen molar-refractivity contribution in [1.82, 2.24) is 58.6 Å². The zero-order valence-corrected chi connectivity index (χ0v) is 37.2. The van der Waals surface area contributed by atoms with Crippen LogP contribution < -0.4 is 9.47 Å². The fourth-order valence-electron chi connectivity index (χ4n) is 8.53. The van der Waals surface area contributed by atoms with Crippen LogP contribution in [-0.2, 0) is 24.4 Å². The molecule has 14 nitrogen and oxygen atoms in total. The monoisotopic (exact) mass is 980 g/mol. The number of rotatable bonds is 8. The summed E-state index contributed by atoms with van der Waals surface area (Å²) in [6.07, 6.45) is -4.38. The first-order chi connectivity index (χ1) is 33.2. The van der Waals surface area contributed by atoms with E-state index in [1.54, 1.807) is 46.3 Å². The molecule has 0 fully saturated rings. The van der Waals surface area contributed by atoms with E-state index in [0.717, 1.165) is 23.5 Å². The van der Waals surface area contributed by atoms with Crippen LogP contribution in [0, 0.1) is 13.8 Å². The number of nitrogens with zero attached hydrogens (tertiary/aromatic N) is 12. The summed E-state index contributed by atoms with van der Waals surface area (Å²) in [5.41, 5.74) is 0.938. The van der Waals surface area contributed by atoms with Gasteiger partial charge in [-0.1, -0.05) is 36.4 Å². The first-order valence-corrected chi connectivity index (χ1v) is 21.3. The zero-order valence-electron chi connectivity index (χ0n) is 37.2. The Kier molecular flexibility index (Phi) is 12.0. The van der Waals surface area contributed by atoms with Crippen LogP contribution in [0.15, 0.2) is 97.8 Å². The molecular formula is C46H38F10N12O2. The van der Waals surface area contributed by atoms with Crippen LogP contribution in [0.3, 0.4) is 0 Å². The van der Waals surface area contributed by atoms with E-state index in [-0.39, 0.29) is 70.4 Å². The van der Waals surface area contributed by atoms with Crippen LogP contribution in [0.25, 0.3) is 34.4 Å². The third kappa shape index (κ3) is 8.92. The number of halogens is 10. The summed E-state index contributed by atoms with van der Waals surface area (Å²) in [4.78, 5) is 25.5. The van der Waals surface area contributed by atoms with Crippen LogP contribution >= 0.6 is 0 Å². The maximum atomic E-state index is 14.8. The largest absolute Gasteiger partial charge is 0.479 e. The van der Waals surface area contributed by atoms with Crippen molar-refractivity contribution >= 4 is 0 Å². The molecule has 24 heteroatoms. The Hall–Kier alpha value is -7.66. The Morgan fingerprint density at radius 1 is 0.543 bits per heavy atom. The van der Waals surface area contributed by atoms with Crippen molar-refractivity contribution in [3.63, 3.8) is 0 Å². The van der Waals surface area contributed by atoms with Crippen LogP contribution in [0.1, 0.15) is 82.8 Å². The number of ether oxygens (including phenoxy) is 2. The molecule has 8 aromatic rings. The highest BCUT2D eigenvalue weighted by atomic mass is 19.4. The van der Waals surface area contributed by atoms with Gasteiger partial charge in [-0.3, -0.25) is 0 Å². The van der Waals surface area contributed by atoms with Gasteiger partial charge < -0.3 is 18.6 Å². The maximum absolute atomic E-state index is 14.8. The quantitative estimate of drug-likeness (QED) is 0.135. The highest BCUT2D eigenvalue weighted by molar-refractivity contribution is 5.57. The van der Waals surface area contributed by atoms with E-state index in [1.807, 2.05) is 13.8 Å². The smallest absolute Gasteiger partial charge is 0.416 e. The van der Waals surface area contributed by atoms with E-state index in [9.17, 15) is 43.9 Å². The number of hydrogen-bond acceptors (Lipinski definition) is 10. The Labute approximate surface area is 390 Å². The number of aryl methyl sites for hydroxylation is 2. The molecular weight excluding hydrogens is 943 g/mol. The topological polar surface area (TPSA) is 141 Å². The molecule has 0 bridgehead atoms. The van der Waals surface area contributed by atoms with Crippen molar-refractivity contribution in [2.24, 2.45) is 0 Å². The van der Waals surface area contributed by atoms with Crippen LogP contribution in [0.2, 0.25) is 0 Å². The lowest BCUT2D eigenvalue weighted by Crippen LogP contribution is -2.33. The summed E-state index contributed by atoms with van der Waals surface area (Å²) in [5, 5.41) is 7.92.